The average Bonchev–Trinajstić information content (AvgIpc) is 2.75. The molecule has 1 aromatic heterocycles. The van der Waals surface area contributed by atoms with E-state index in [4.69, 9.17) is 9.84 Å². The zero-order valence-electron chi connectivity index (χ0n) is 12.3. The van der Waals surface area contributed by atoms with Crippen LogP contribution in [0.5, 0.6) is 0 Å². The summed E-state index contributed by atoms with van der Waals surface area (Å²) in [5.74, 6) is -0.894. The molecule has 1 aromatic rings. The number of aromatic nitrogens is 1. The van der Waals surface area contributed by atoms with Gasteiger partial charge in [0.05, 0.1) is 22.8 Å². The van der Waals surface area contributed by atoms with E-state index in [0.29, 0.717) is 6.04 Å². The van der Waals surface area contributed by atoms with E-state index in [1.165, 1.54) is 10.6 Å². The maximum atomic E-state index is 10.5. The second-order valence-electron chi connectivity index (χ2n) is 5.29. The Morgan fingerprint density at radius 2 is 2.15 bits per heavy atom. The maximum Gasteiger partial charge on any atom is 0.329 e. The molecule has 1 unspecified atom stereocenters. The molecule has 1 N–H and O–H groups in total. The lowest BCUT2D eigenvalue weighted by Crippen LogP contribution is -2.39. The number of aliphatic carboxylic acids is 1. The van der Waals surface area contributed by atoms with Gasteiger partial charge < -0.3 is 9.84 Å². The highest BCUT2D eigenvalue weighted by Gasteiger charge is 2.26. The Kier molecular flexibility index (Phi) is 5.12. The van der Waals surface area contributed by atoms with Crippen LogP contribution in [-0.2, 0) is 9.53 Å². The van der Waals surface area contributed by atoms with Gasteiger partial charge in [0, 0.05) is 18.0 Å². The molecule has 0 bridgehead atoms. The van der Waals surface area contributed by atoms with Gasteiger partial charge in [-0.3, -0.25) is 4.90 Å². The van der Waals surface area contributed by atoms with Crippen LogP contribution < -0.4 is 0 Å². The van der Waals surface area contributed by atoms with E-state index >= 15 is 0 Å². The van der Waals surface area contributed by atoms with E-state index in [9.17, 15) is 4.79 Å². The minimum atomic E-state index is -0.894. The average molecular weight is 298 g/mol. The first-order chi connectivity index (χ1) is 9.47. The lowest BCUT2D eigenvalue weighted by molar-refractivity contribution is -0.145. The Balaban J connectivity index is 1.87. The summed E-state index contributed by atoms with van der Waals surface area (Å²) in [6, 6.07) is 0.320. The van der Waals surface area contributed by atoms with Gasteiger partial charge in [-0.05, 0) is 33.6 Å². The number of hydrogen-bond acceptors (Lipinski definition) is 5. The van der Waals surface area contributed by atoms with Crippen molar-refractivity contribution in [3.63, 3.8) is 0 Å². The van der Waals surface area contributed by atoms with Crippen molar-refractivity contribution < 1.29 is 14.6 Å². The van der Waals surface area contributed by atoms with E-state index in [0.717, 1.165) is 30.9 Å². The van der Waals surface area contributed by atoms with E-state index < -0.39 is 5.97 Å². The van der Waals surface area contributed by atoms with Crippen LogP contribution in [0.3, 0.4) is 0 Å². The topological polar surface area (TPSA) is 62.7 Å². The summed E-state index contributed by atoms with van der Waals surface area (Å²) in [6.45, 7) is 8.03. The molecule has 112 valence electrons. The van der Waals surface area contributed by atoms with E-state index in [1.54, 1.807) is 11.3 Å². The summed E-state index contributed by atoms with van der Waals surface area (Å²) in [6.07, 6.45) is 1.85. The first-order valence-electron chi connectivity index (χ1n) is 6.98. The molecule has 1 fully saturated rings. The summed E-state index contributed by atoms with van der Waals surface area (Å²) in [4.78, 5) is 18.8. The van der Waals surface area contributed by atoms with E-state index in [2.05, 4.69) is 23.7 Å². The van der Waals surface area contributed by atoms with Gasteiger partial charge in [0.15, 0.2) is 0 Å². The number of nitrogens with zero attached hydrogens (tertiary/aromatic N) is 2. The molecular weight excluding hydrogens is 276 g/mol. The fraction of sp³-hybridized carbons (Fsp3) is 0.714. The zero-order chi connectivity index (χ0) is 14.7. The van der Waals surface area contributed by atoms with Crippen LogP contribution in [0.1, 0.15) is 41.4 Å². The summed E-state index contributed by atoms with van der Waals surface area (Å²) in [7, 11) is 0. The first kappa shape index (κ1) is 15.4. The molecule has 1 atom stereocenters. The van der Waals surface area contributed by atoms with Crippen LogP contribution >= 0.6 is 11.3 Å². The van der Waals surface area contributed by atoms with Gasteiger partial charge in [0.1, 0.15) is 6.61 Å². The number of carboxylic acid groups (broad SMARTS) is 1. The molecule has 0 saturated carbocycles. The molecular formula is C14H22N2O3S. The van der Waals surface area contributed by atoms with Gasteiger partial charge in [-0.25, -0.2) is 9.78 Å². The predicted octanol–water partition coefficient (Wildman–Crippen LogP) is 2.39. The number of aryl methyl sites for hydroxylation is 2. The number of carboxylic acids is 1. The highest BCUT2D eigenvalue weighted by molar-refractivity contribution is 7.11. The van der Waals surface area contributed by atoms with Gasteiger partial charge in [-0.2, -0.15) is 0 Å². The van der Waals surface area contributed by atoms with Crippen molar-refractivity contribution in [2.75, 3.05) is 19.7 Å². The Bertz CT molecular complexity index is 467. The SMILES string of the molecule is Cc1nc(C(C)N2CCC(OCC(=O)O)CC2)c(C)s1. The van der Waals surface area contributed by atoms with Crippen molar-refractivity contribution in [2.24, 2.45) is 0 Å². The molecule has 0 spiro atoms. The van der Waals surface area contributed by atoms with Crippen molar-refractivity contribution >= 4 is 17.3 Å². The molecule has 1 aliphatic heterocycles. The summed E-state index contributed by atoms with van der Waals surface area (Å²) < 4.78 is 5.37. The van der Waals surface area contributed by atoms with Crippen molar-refractivity contribution in [2.45, 2.75) is 45.8 Å². The molecule has 1 saturated heterocycles. The Morgan fingerprint density at radius 3 is 2.65 bits per heavy atom. The molecule has 1 aliphatic rings. The Labute approximate surface area is 123 Å². The maximum absolute atomic E-state index is 10.5. The third-order valence-electron chi connectivity index (χ3n) is 3.80. The quantitative estimate of drug-likeness (QED) is 0.904. The smallest absolute Gasteiger partial charge is 0.329 e. The molecule has 5 nitrogen and oxygen atoms in total. The van der Waals surface area contributed by atoms with Crippen LogP contribution in [0.15, 0.2) is 0 Å². The molecule has 0 aromatic carbocycles. The summed E-state index contributed by atoms with van der Waals surface area (Å²) >= 11 is 1.75. The standard InChI is InChI=1S/C14H22N2O3S/c1-9(14-10(2)20-11(3)15-14)16-6-4-12(5-7-16)19-8-13(17)18/h9,12H,4-8H2,1-3H3,(H,17,18). The molecule has 20 heavy (non-hydrogen) atoms. The minimum absolute atomic E-state index is 0.0767. The fourth-order valence-corrected chi connectivity index (χ4v) is 3.63. The molecule has 0 aliphatic carbocycles. The van der Waals surface area contributed by atoms with Crippen LogP contribution in [0.25, 0.3) is 0 Å². The van der Waals surface area contributed by atoms with Crippen LogP contribution in [0, 0.1) is 13.8 Å². The lowest BCUT2D eigenvalue weighted by atomic mass is 10.0. The normalized spacial score (nSPS) is 19.1. The van der Waals surface area contributed by atoms with Gasteiger partial charge in [0.25, 0.3) is 0 Å². The predicted molar refractivity (Wildman–Crippen MR) is 78.2 cm³/mol. The van der Waals surface area contributed by atoms with Crippen LogP contribution in [0.4, 0.5) is 0 Å². The number of rotatable bonds is 5. The van der Waals surface area contributed by atoms with Gasteiger partial charge in [0.2, 0.25) is 0 Å². The molecule has 2 rings (SSSR count). The van der Waals surface area contributed by atoms with Gasteiger partial charge in [-0.1, -0.05) is 0 Å². The number of ether oxygens (including phenoxy) is 1. The molecule has 0 amide bonds. The second kappa shape index (κ2) is 6.65. The summed E-state index contributed by atoms with van der Waals surface area (Å²) in [5, 5.41) is 9.74. The lowest BCUT2D eigenvalue weighted by Gasteiger charge is -2.35. The Hall–Kier alpha value is -0.980. The largest absolute Gasteiger partial charge is 0.480 e. The Morgan fingerprint density at radius 1 is 1.50 bits per heavy atom. The van der Waals surface area contributed by atoms with Crippen molar-refractivity contribution in [1.82, 2.24) is 9.88 Å². The van der Waals surface area contributed by atoms with Crippen LogP contribution in [-0.4, -0.2) is 46.8 Å². The minimum Gasteiger partial charge on any atom is -0.480 e. The fourth-order valence-electron chi connectivity index (χ4n) is 2.72. The van der Waals surface area contributed by atoms with Gasteiger partial charge in [-0.15, -0.1) is 11.3 Å². The first-order valence-corrected chi connectivity index (χ1v) is 7.80. The van der Waals surface area contributed by atoms with E-state index in [1.807, 2.05) is 6.92 Å². The second-order valence-corrected chi connectivity index (χ2v) is 6.70. The van der Waals surface area contributed by atoms with Crippen molar-refractivity contribution in [1.29, 1.82) is 0 Å². The number of thiazole rings is 1. The third kappa shape index (κ3) is 3.77. The van der Waals surface area contributed by atoms with Crippen molar-refractivity contribution in [3.05, 3.63) is 15.6 Å². The van der Waals surface area contributed by atoms with E-state index in [-0.39, 0.29) is 12.7 Å². The molecule has 0 radical (unpaired) electrons. The third-order valence-corrected chi connectivity index (χ3v) is 4.70. The van der Waals surface area contributed by atoms with Crippen molar-refractivity contribution in [3.8, 4) is 0 Å². The number of carbonyl (C=O) groups is 1. The molecule has 2 heterocycles. The molecule has 6 heteroatoms. The number of likely N-dealkylation sites (tertiary alicyclic amines) is 1. The highest BCUT2D eigenvalue weighted by Crippen LogP contribution is 2.29. The summed E-state index contributed by atoms with van der Waals surface area (Å²) in [5.41, 5.74) is 1.18. The highest BCUT2D eigenvalue weighted by atomic mass is 32.1. The zero-order valence-corrected chi connectivity index (χ0v) is 13.1. The number of piperidine rings is 1. The number of hydrogen-bond donors (Lipinski definition) is 1. The monoisotopic (exact) mass is 298 g/mol. The van der Waals surface area contributed by atoms with Gasteiger partial charge >= 0.3 is 5.97 Å². The van der Waals surface area contributed by atoms with Crippen LogP contribution in [0.2, 0.25) is 0 Å².